The minimum Gasteiger partial charge on any atom is -0.497 e. The number of aromatic nitrogens is 2. The highest BCUT2D eigenvalue weighted by atomic mass is 32.2. The van der Waals surface area contributed by atoms with Crippen LogP contribution in [0.3, 0.4) is 0 Å². The third-order valence-corrected chi connectivity index (χ3v) is 3.82. The van der Waals surface area contributed by atoms with Crippen LogP contribution in [0.25, 0.3) is 11.5 Å². The van der Waals surface area contributed by atoms with Crippen LogP contribution in [0.15, 0.2) is 33.9 Å². The largest absolute Gasteiger partial charge is 0.497 e. The van der Waals surface area contributed by atoms with E-state index in [1.807, 2.05) is 0 Å². The summed E-state index contributed by atoms with van der Waals surface area (Å²) in [4.78, 5) is 11.0. The Bertz CT molecular complexity index is 582. The molecule has 1 atom stereocenters. The Morgan fingerprint density at radius 3 is 2.65 bits per heavy atom. The predicted octanol–water partition coefficient (Wildman–Crippen LogP) is 2.70. The molecule has 0 aliphatic carbocycles. The summed E-state index contributed by atoms with van der Waals surface area (Å²) < 4.78 is 10.5. The van der Waals surface area contributed by atoms with Crippen molar-refractivity contribution in [3.63, 3.8) is 0 Å². The van der Waals surface area contributed by atoms with E-state index in [9.17, 15) is 4.79 Å². The van der Waals surface area contributed by atoms with E-state index in [-0.39, 0.29) is 5.22 Å². The van der Waals surface area contributed by atoms with Crippen molar-refractivity contribution < 1.29 is 19.1 Å². The molecule has 6 nitrogen and oxygen atoms in total. The van der Waals surface area contributed by atoms with Crippen LogP contribution in [0.2, 0.25) is 0 Å². The van der Waals surface area contributed by atoms with Gasteiger partial charge in [-0.3, -0.25) is 4.79 Å². The van der Waals surface area contributed by atoms with Crippen LogP contribution in [-0.2, 0) is 4.79 Å². The molecule has 0 saturated carbocycles. The number of ether oxygens (including phenoxy) is 1. The van der Waals surface area contributed by atoms with E-state index in [1.54, 1.807) is 38.3 Å². The number of aliphatic carboxylic acids is 1. The second-order valence-electron chi connectivity index (χ2n) is 3.95. The molecular formula is C13H14N2O4S. The first-order valence-electron chi connectivity index (χ1n) is 6.01. The topological polar surface area (TPSA) is 85.5 Å². The number of rotatable bonds is 6. The third-order valence-electron chi connectivity index (χ3n) is 2.63. The number of carboxylic acid groups (broad SMARTS) is 1. The van der Waals surface area contributed by atoms with Crippen molar-refractivity contribution in [2.45, 2.75) is 23.8 Å². The highest BCUT2D eigenvalue weighted by Gasteiger charge is 2.20. The SMILES string of the molecule is CCC(Sc1nnc(-c2ccc(OC)cc2)o1)C(=O)O. The van der Waals surface area contributed by atoms with Crippen LogP contribution in [0.5, 0.6) is 5.75 Å². The Kier molecular flexibility index (Phi) is 4.62. The molecule has 2 aromatic rings. The molecule has 20 heavy (non-hydrogen) atoms. The number of carbonyl (C=O) groups is 1. The lowest BCUT2D eigenvalue weighted by Crippen LogP contribution is -2.14. The summed E-state index contributed by atoms with van der Waals surface area (Å²) in [5.41, 5.74) is 0.758. The molecule has 0 aliphatic rings. The maximum Gasteiger partial charge on any atom is 0.317 e. The monoisotopic (exact) mass is 294 g/mol. The summed E-state index contributed by atoms with van der Waals surface area (Å²) in [6.45, 7) is 1.80. The number of hydrogen-bond acceptors (Lipinski definition) is 6. The van der Waals surface area contributed by atoms with Crippen LogP contribution in [0.1, 0.15) is 13.3 Å². The minimum atomic E-state index is -0.887. The van der Waals surface area contributed by atoms with Gasteiger partial charge in [0.2, 0.25) is 5.89 Å². The van der Waals surface area contributed by atoms with Gasteiger partial charge in [-0.2, -0.15) is 0 Å². The number of thioether (sulfide) groups is 1. The van der Waals surface area contributed by atoms with E-state index in [1.165, 1.54) is 0 Å². The van der Waals surface area contributed by atoms with Crippen molar-refractivity contribution in [3.05, 3.63) is 24.3 Å². The molecule has 0 amide bonds. The Hall–Kier alpha value is -2.02. The number of carboxylic acids is 1. The summed E-state index contributed by atoms with van der Waals surface area (Å²) in [7, 11) is 1.59. The first kappa shape index (κ1) is 14.4. The van der Waals surface area contributed by atoms with E-state index < -0.39 is 11.2 Å². The van der Waals surface area contributed by atoms with E-state index >= 15 is 0 Å². The van der Waals surface area contributed by atoms with Crippen LogP contribution in [-0.4, -0.2) is 33.6 Å². The lowest BCUT2D eigenvalue weighted by molar-refractivity contribution is -0.136. The highest BCUT2D eigenvalue weighted by Crippen LogP contribution is 2.28. The molecule has 0 fully saturated rings. The maximum atomic E-state index is 11.0. The van der Waals surface area contributed by atoms with Crippen molar-refractivity contribution >= 4 is 17.7 Å². The molecule has 1 N–H and O–H groups in total. The van der Waals surface area contributed by atoms with Crippen molar-refractivity contribution in [1.82, 2.24) is 10.2 Å². The van der Waals surface area contributed by atoms with Crippen LogP contribution < -0.4 is 4.74 Å². The molecule has 0 bridgehead atoms. The van der Waals surface area contributed by atoms with E-state index in [4.69, 9.17) is 14.3 Å². The average Bonchev–Trinajstić information content (AvgIpc) is 2.93. The zero-order chi connectivity index (χ0) is 14.5. The van der Waals surface area contributed by atoms with Gasteiger partial charge in [0.15, 0.2) is 0 Å². The summed E-state index contributed by atoms with van der Waals surface area (Å²) in [5.74, 6) is 0.205. The molecule has 0 spiro atoms. The summed E-state index contributed by atoms with van der Waals surface area (Å²) >= 11 is 1.06. The van der Waals surface area contributed by atoms with Crippen molar-refractivity contribution in [1.29, 1.82) is 0 Å². The molecule has 2 rings (SSSR count). The fraction of sp³-hybridized carbons (Fsp3) is 0.308. The van der Waals surface area contributed by atoms with Gasteiger partial charge in [0.25, 0.3) is 5.22 Å². The molecule has 0 radical (unpaired) electrons. The molecule has 0 saturated heterocycles. The zero-order valence-corrected chi connectivity index (χ0v) is 11.9. The normalized spacial score (nSPS) is 12.1. The fourth-order valence-electron chi connectivity index (χ4n) is 1.54. The van der Waals surface area contributed by atoms with E-state index in [2.05, 4.69) is 10.2 Å². The average molecular weight is 294 g/mol. The van der Waals surface area contributed by atoms with Crippen LogP contribution in [0.4, 0.5) is 0 Å². The van der Waals surface area contributed by atoms with Gasteiger partial charge < -0.3 is 14.3 Å². The second-order valence-corrected chi connectivity index (χ2v) is 5.11. The molecule has 1 aromatic carbocycles. The standard InChI is InChI=1S/C13H14N2O4S/c1-3-10(12(16)17)20-13-15-14-11(19-13)8-4-6-9(18-2)7-5-8/h4-7,10H,3H2,1-2H3,(H,16,17). The molecule has 7 heteroatoms. The first-order valence-corrected chi connectivity index (χ1v) is 6.89. The maximum absolute atomic E-state index is 11.0. The molecule has 106 valence electrons. The van der Waals surface area contributed by atoms with Gasteiger partial charge in [-0.15, -0.1) is 10.2 Å². The van der Waals surface area contributed by atoms with E-state index in [0.717, 1.165) is 23.1 Å². The zero-order valence-electron chi connectivity index (χ0n) is 11.1. The third kappa shape index (κ3) is 3.30. The lowest BCUT2D eigenvalue weighted by Gasteiger charge is -2.04. The van der Waals surface area contributed by atoms with E-state index in [0.29, 0.717) is 12.3 Å². The lowest BCUT2D eigenvalue weighted by atomic mass is 10.2. The molecular weight excluding hydrogens is 280 g/mol. The van der Waals surface area contributed by atoms with Gasteiger partial charge in [0.05, 0.1) is 7.11 Å². The quantitative estimate of drug-likeness (QED) is 0.820. The van der Waals surface area contributed by atoms with Gasteiger partial charge >= 0.3 is 5.97 Å². The number of methoxy groups -OCH3 is 1. The first-order chi connectivity index (χ1) is 9.63. The fourth-order valence-corrected chi connectivity index (χ4v) is 2.26. The molecule has 0 aliphatic heterocycles. The molecule has 1 aromatic heterocycles. The summed E-state index contributed by atoms with van der Waals surface area (Å²) in [6.07, 6.45) is 0.486. The van der Waals surface area contributed by atoms with Gasteiger partial charge in [-0.1, -0.05) is 18.7 Å². The number of benzene rings is 1. The Morgan fingerprint density at radius 2 is 2.10 bits per heavy atom. The second kappa shape index (κ2) is 6.42. The smallest absolute Gasteiger partial charge is 0.317 e. The van der Waals surface area contributed by atoms with Crippen molar-refractivity contribution in [3.8, 4) is 17.2 Å². The Balaban J connectivity index is 2.13. The van der Waals surface area contributed by atoms with Gasteiger partial charge in [0, 0.05) is 5.56 Å². The number of hydrogen-bond donors (Lipinski definition) is 1. The van der Waals surface area contributed by atoms with Gasteiger partial charge in [-0.05, 0) is 30.7 Å². The van der Waals surface area contributed by atoms with Gasteiger partial charge in [-0.25, -0.2) is 0 Å². The minimum absolute atomic E-state index is 0.255. The predicted molar refractivity (Wildman–Crippen MR) is 73.9 cm³/mol. The molecule has 1 unspecified atom stereocenters. The van der Waals surface area contributed by atoms with Crippen molar-refractivity contribution in [2.75, 3.05) is 7.11 Å². The molecule has 1 heterocycles. The summed E-state index contributed by atoms with van der Waals surface area (Å²) in [6, 6.07) is 7.18. The highest BCUT2D eigenvalue weighted by molar-refractivity contribution is 8.00. The summed E-state index contributed by atoms with van der Waals surface area (Å²) in [5, 5.41) is 16.4. The van der Waals surface area contributed by atoms with Crippen LogP contribution >= 0.6 is 11.8 Å². The van der Waals surface area contributed by atoms with Crippen molar-refractivity contribution in [2.24, 2.45) is 0 Å². The van der Waals surface area contributed by atoms with Gasteiger partial charge in [0.1, 0.15) is 11.0 Å². The Morgan fingerprint density at radius 1 is 1.40 bits per heavy atom. The van der Waals surface area contributed by atoms with Crippen LogP contribution in [0, 0.1) is 0 Å². The Labute approximate surface area is 120 Å². The number of nitrogens with zero attached hydrogens (tertiary/aromatic N) is 2.